The number of fused-ring (bicyclic) bond motifs is 1. The summed E-state index contributed by atoms with van der Waals surface area (Å²) in [4.78, 5) is 29.6. The second-order valence-corrected chi connectivity index (χ2v) is 8.80. The maximum atomic E-state index is 13.3. The number of rotatable bonds is 5. The minimum absolute atomic E-state index is 0.00527. The van der Waals surface area contributed by atoms with Gasteiger partial charge in [0.15, 0.2) is 0 Å². The summed E-state index contributed by atoms with van der Waals surface area (Å²) in [5, 5.41) is 3.08. The van der Waals surface area contributed by atoms with Gasteiger partial charge in [-0.25, -0.2) is 4.79 Å². The van der Waals surface area contributed by atoms with E-state index in [4.69, 9.17) is 4.74 Å². The highest BCUT2D eigenvalue weighted by atomic mass is 16.5. The Kier molecular flexibility index (Phi) is 6.98. The second kappa shape index (κ2) is 10.1. The fraction of sp³-hybridized carbons (Fsp3) is 0.462. The summed E-state index contributed by atoms with van der Waals surface area (Å²) in [5.74, 6) is 0.839. The molecule has 170 valence electrons. The van der Waals surface area contributed by atoms with Gasteiger partial charge in [-0.1, -0.05) is 48.9 Å². The summed E-state index contributed by atoms with van der Waals surface area (Å²) >= 11 is 0. The van der Waals surface area contributed by atoms with E-state index in [9.17, 15) is 9.59 Å². The number of hydrogen-bond acceptors (Lipinski definition) is 3. The Morgan fingerprint density at radius 3 is 2.50 bits per heavy atom. The number of carbonyl (C=O) groups is 2. The summed E-state index contributed by atoms with van der Waals surface area (Å²) < 4.78 is 6.01. The van der Waals surface area contributed by atoms with E-state index in [0.29, 0.717) is 39.0 Å². The van der Waals surface area contributed by atoms with Crippen LogP contribution < -0.4 is 15.0 Å². The number of anilines is 1. The molecule has 32 heavy (non-hydrogen) atoms. The van der Waals surface area contributed by atoms with Gasteiger partial charge in [0.1, 0.15) is 11.9 Å². The average Bonchev–Trinajstić information content (AvgIpc) is 2.84. The molecule has 1 saturated heterocycles. The first-order valence-electron chi connectivity index (χ1n) is 11.7. The van der Waals surface area contributed by atoms with E-state index in [-0.39, 0.29) is 24.0 Å². The van der Waals surface area contributed by atoms with Gasteiger partial charge in [-0.2, -0.15) is 0 Å². The lowest BCUT2D eigenvalue weighted by Gasteiger charge is -2.39. The number of ether oxygens (including phenoxy) is 1. The van der Waals surface area contributed by atoms with Gasteiger partial charge >= 0.3 is 6.03 Å². The van der Waals surface area contributed by atoms with Crippen molar-refractivity contribution in [2.24, 2.45) is 5.92 Å². The van der Waals surface area contributed by atoms with Crippen molar-refractivity contribution in [1.82, 2.24) is 10.2 Å². The summed E-state index contributed by atoms with van der Waals surface area (Å²) in [6, 6.07) is 16.1. The van der Waals surface area contributed by atoms with Crippen molar-refractivity contribution in [2.45, 2.75) is 45.6 Å². The van der Waals surface area contributed by atoms with E-state index in [1.54, 1.807) is 0 Å². The number of nitrogens with one attached hydrogen (secondary N) is 1. The van der Waals surface area contributed by atoms with Crippen LogP contribution in [0.2, 0.25) is 0 Å². The lowest BCUT2D eigenvalue weighted by atomic mass is 9.96. The van der Waals surface area contributed by atoms with E-state index in [0.717, 1.165) is 24.3 Å². The third-order valence-corrected chi connectivity index (χ3v) is 6.49. The van der Waals surface area contributed by atoms with Crippen LogP contribution in [-0.2, 0) is 11.2 Å². The van der Waals surface area contributed by atoms with Gasteiger partial charge in [-0.3, -0.25) is 9.69 Å². The molecule has 0 aliphatic carbocycles. The number of nitrogens with zero attached hydrogens (tertiary/aromatic N) is 2. The zero-order valence-electron chi connectivity index (χ0n) is 19.0. The molecule has 0 radical (unpaired) electrons. The van der Waals surface area contributed by atoms with Crippen LogP contribution in [-0.4, -0.2) is 49.1 Å². The van der Waals surface area contributed by atoms with Gasteiger partial charge in [0.25, 0.3) is 0 Å². The van der Waals surface area contributed by atoms with Crippen molar-refractivity contribution in [3.8, 4) is 5.75 Å². The molecule has 1 atom stereocenters. The van der Waals surface area contributed by atoms with Crippen LogP contribution in [0.3, 0.4) is 0 Å². The maximum absolute atomic E-state index is 13.3. The molecule has 0 aromatic heterocycles. The SMILES string of the molecule is CC[C@H]1CN(C(=O)N2CCC(C(=O)NCCc3ccc(C)cc3)CC2)c2ccccc2O1. The Morgan fingerprint density at radius 1 is 1.06 bits per heavy atom. The fourth-order valence-electron chi connectivity index (χ4n) is 4.42. The van der Waals surface area contributed by atoms with Crippen LogP contribution in [0.15, 0.2) is 48.5 Å². The predicted molar refractivity (Wildman–Crippen MR) is 126 cm³/mol. The first-order chi connectivity index (χ1) is 15.5. The molecule has 1 N–H and O–H groups in total. The highest BCUT2D eigenvalue weighted by molar-refractivity contribution is 5.94. The summed E-state index contributed by atoms with van der Waals surface area (Å²) in [6.45, 7) is 6.55. The lowest BCUT2D eigenvalue weighted by molar-refractivity contribution is -0.126. The maximum Gasteiger partial charge on any atom is 0.324 e. The van der Waals surface area contributed by atoms with Crippen LogP contribution in [0.4, 0.5) is 10.5 Å². The topological polar surface area (TPSA) is 61.9 Å². The van der Waals surface area contributed by atoms with E-state index >= 15 is 0 Å². The fourth-order valence-corrected chi connectivity index (χ4v) is 4.42. The second-order valence-electron chi connectivity index (χ2n) is 8.80. The molecule has 0 saturated carbocycles. The highest BCUT2D eigenvalue weighted by Crippen LogP contribution is 2.35. The van der Waals surface area contributed by atoms with Crippen molar-refractivity contribution in [1.29, 1.82) is 0 Å². The van der Waals surface area contributed by atoms with E-state index in [2.05, 4.69) is 43.4 Å². The zero-order valence-corrected chi connectivity index (χ0v) is 19.0. The van der Waals surface area contributed by atoms with Crippen molar-refractivity contribution in [2.75, 3.05) is 31.1 Å². The molecule has 0 unspecified atom stereocenters. The third-order valence-electron chi connectivity index (χ3n) is 6.49. The smallest absolute Gasteiger partial charge is 0.324 e. The van der Waals surface area contributed by atoms with Crippen LogP contribution in [0.25, 0.3) is 0 Å². The quantitative estimate of drug-likeness (QED) is 0.767. The van der Waals surface area contributed by atoms with Gasteiger partial charge in [0, 0.05) is 25.6 Å². The van der Waals surface area contributed by atoms with Crippen molar-refractivity contribution in [3.63, 3.8) is 0 Å². The molecule has 2 aromatic rings. The largest absolute Gasteiger partial charge is 0.486 e. The number of likely N-dealkylation sites (tertiary alicyclic amines) is 1. The Morgan fingerprint density at radius 2 is 1.78 bits per heavy atom. The number of aryl methyl sites for hydroxylation is 1. The number of benzene rings is 2. The molecule has 6 heteroatoms. The molecule has 3 amide bonds. The minimum atomic E-state index is -0.0302. The van der Waals surface area contributed by atoms with Crippen LogP contribution in [0.5, 0.6) is 5.75 Å². The molecule has 0 bridgehead atoms. The van der Waals surface area contributed by atoms with Crippen molar-refractivity contribution >= 4 is 17.6 Å². The Bertz CT molecular complexity index is 936. The number of urea groups is 1. The molecule has 2 aliphatic heterocycles. The molecule has 2 aromatic carbocycles. The number of amides is 3. The number of para-hydroxylation sites is 2. The van der Waals surface area contributed by atoms with Gasteiger partial charge in [-0.15, -0.1) is 0 Å². The molecule has 1 fully saturated rings. The summed E-state index contributed by atoms with van der Waals surface area (Å²) in [5.41, 5.74) is 3.30. The standard InChI is InChI=1S/C26H33N3O3/c1-3-22-18-29(23-6-4-5-7-24(23)32-22)26(31)28-16-13-21(14-17-28)25(30)27-15-12-20-10-8-19(2)9-11-20/h4-11,21-22H,3,12-18H2,1-2H3,(H,27,30)/t22-/m0/s1. The van der Waals surface area contributed by atoms with Gasteiger partial charge in [0.2, 0.25) is 5.91 Å². The molecular formula is C26H33N3O3. The summed E-state index contributed by atoms with van der Waals surface area (Å²) in [6.07, 6.45) is 3.09. The minimum Gasteiger partial charge on any atom is -0.486 e. The normalized spacial score (nSPS) is 18.6. The summed E-state index contributed by atoms with van der Waals surface area (Å²) in [7, 11) is 0. The van der Waals surface area contributed by atoms with Crippen molar-refractivity contribution in [3.05, 3.63) is 59.7 Å². The van der Waals surface area contributed by atoms with Crippen molar-refractivity contribution < 1.29 is 14.3 Å². The Labute approximate surface area is 190 Å². The molecule has 4 rings (SSSR count). The number of carbonyl (C=O) groups excluding carboxylic acids is 2. The van der Waals surface area contributed by atoms with E-state index in [1.807, 2.05) is 34.1 Å². The molecule has 2 heterocycles. The molecule has 6 nitrogen and oxygen atoms in total. The first kappa shape index (κ1) is 22.2. The third kappa shape index (κ3) is 5.06. The number of hydrogen-bond donors (Lipinski definition) is 1. The Balaban J connectivity index is 1.28. The monoisotopic (exact) mass is 435 g/mol. The van der Waals surface area contributed by atoms with Crippen LogP contribution >= 0.6 is 0 Å². The predicted octanol–water partition coefficient (Wildman–Crippen LogP) is 4.16. The van der Waals surface area contributed by atoms with Gasteiger partial charge < -0.3 is 15.0 Å². The van der Waals surface area contributed by atoms with Crippen LogP contribution in [0, 0.1) is 12.8 Å². The van der Waals surface area contributed by atoms with E-state index in [1.165, 1.54) is 11.1 Å². The van der Waals surface area contributed by atoms with Crippen LogP contribution in [0.1, 0.15) is 37.3 Å². The van der Waals surface area contributed by atoms with Gasteiger partial charge in [0.05, 0.1) is 12.2 Å². The number of piperidine rings is 1. The molecule has 0 spiro atoms. The first-order valence-corrected chi connectivity index (χ1v) is 11.7. The molecular weight excluding hydrogens is 402 g/mol. The van der Waals surface area contributed by atoms with E-state index < -0.39 is 0 Å². The molecule has 2 aliphatic rings. The Hall–Kier alpha value is -3.02. The lowest BCUT2D eigenvalue weighted by Crippen LogP contribution is -2.52. The highest BCUT2D eigenvalue weighted by Gasteiger charge is 2.34. The zero-order chi connectivity index (χ0) is 22.5. The van der Waals surface area contributed by atoms with Gasteiger partial charge in [-0.05, 0) is 50.3 Å². The average molecular weight is 436 g/mol.